The fourth-order valence-electron chi connectivity index (χ4n) is 2.04. The second-order valence-corrected chi connectivity index (χ2v) is 4.58. The Kier molecular flexibility index (Phi) is 6.73. The van der Waals surface area contributed by atoms with Crippen LogP contribution in [-0.2, 0) is 0 Å². The van der Waals surface area contributed by atoms with Gasteiger partial charge in [-0.15, -0.1) is 0 Å². The van der Waals surface area contributed by atoms with Crippen LogP contribution >= 0.6 is 0 Å². The average Bonchev–Trinajstić information content (AvgIpc) is 2.38. The quantitative estimate of drug-likeness (QED) is 0.703. The van der Waals surface area contributed by atoms with Gasteiger partial charge in [-0.05, 0) is 12.5 Å². The van der Waals surface area contributed by atoms with Crippen LogP contribution in [0.1, 0.15) is 57.1 Å². The van der Waals surface area contributed by atoms with Crippen LogP contribution in [0.4, 0.5) is 4.39 Å². The minimum absolute atomic E-state index is 0.192. The third-order valence-corrected chi connectivity index (χ3v) is 3.15. The molecule has 1 rings (SSSR count). The second-order valence-electron chi connectivity index (χ2n) is 4.58. The van der Waals surface area contributed by atoms with E-state index in [0.717, 1.165) is 12.8 Å². The summed E-state index contributed by atoms with van der Waals surface area (Å²) < 4.78 is 18.8. The van der Waals surface area contributed by atoms with Gasteiger partial charge in [0.25, 0.3) is 0 Å². The summed E-state index contributed by atoms with van der Waals surface area (Å²) >= 11 is 0. The number of hydrogen-bond donors (Lipinski definition) is 1. The standard InChI is InChI=1S/C15H23FO2/c1-3-4-5-6-7-10-13(17)12-9-8-11-14(18-2)15(12)16/h8-9,11,13,17H,3-7,10H2,1-2H3. The Morgan fingerprint density at radius 3 is 2.61 bits per heavy atom. The zero-order valence-electron chi connectivity index (χ0n) is 11.3. The van der Waals surface area contributed by atoms with Crippen molar-refractivity contribution in [3.63, 3.8) is 0 Å². The summed E-state index contributed by atoms with van der Waals surface area (Å²) in [6, 6.07) is 4.89. The summed E-state index contributed by atoms with van der Waals surface area (Å²) in [5.74, 6) is -0.251. The largest absolute Gasteiger partial charge is 0.494 e. The molecule has 1 aromatic carbocycles. The summed E-state index contributed by atoms with van der Waals surface area (Å²) in [5, 5.41) is 9.98. The summed E-state index contributed by atoms with van der Waals surface area (Å²) in [5.41, 5.74) is 0.338. The van der Waals surface area contributed by atoms with Gasteiger partial charge in [-0.2, -0.15) is 0 Å². The van der Waals surface area contributed by atoms with Gasteiger partial charge in [0, 0.05) is 5.56 Å². The topological polar surface area (TPSA) is 29.5 Å². The van der Waals surface area contributed by atoms with E-state index >= 15 is 0 Å². The summed E-state index contributed by atoms with van der Waals surface area (Å²) in [4.78, 5) is 0. The number of aliphatic hydroxyl groups is 1. The molecule has 0 bridgehead atoms. The number of methoxy groups -OCH3 is 1. The zero-order valence-corrected chi connectivity index (χ0v) is 11.3. The van der Waals surface area contributed by atoms with Crippen LogP contribution in [0.3, 0.4) is 0 Å². The molecule has 0 aliphatic rings. The van der Waals surface area contributed by atoms with Crippen molar-refractivity contribution in [2.75, 3.05) is 7.11 Å². The highest BCUT2D eigenvalue weighted by molar-refractivity contribution is 5.32. The molecule has 1 unspecified atom stereocenters. The van der Waals surface area contributed by atoms with E-state index in [9.17, 15) is 9.50 Å². The molecule has 0 radical (unpaired) electrons. The second kappa shape index (κ2) is 8.09. The number of rotatable bonds is 8. The van der Waals surface area contributed by atoms with Gasteiger partial charge in [0.05, 0.1) is 13.2 Å². The molecule has 0 saturated carbocycles. The Labute approximate surface area is 109 Å². The molecule has 18 heavy (non-hydrogen) atoms. The number of hydrogen-bond acceptors (Lipinski definition) is 2. The Morgan fingerprint density at radius 2 is 1.94 bits per heavy atom. The summed E-state index contributed by atoms with van der Waals surface area (Å²) in [6.45, 7) is 2.17. The Hall–Kier alpha value is -1.09. The highest BCUT2D eigenvalue weighted by atomic mass is 19.1. The lowest BCUT2D eigenvalue weighted by atomic mass is 10.0. The number of benzene rings is 1. The van der Waals surface area contributed by atoms with E-state index in [1.54, 1.807) is 18.2 Å². The van der Waals surface area contributed by atoms with E-state index in [4.69, 9.17) is 4.74 Å². The van der Waals surface area contributed by atoms with E-state index in [2.05, 4.69) is 6.92 Å². The summed E-state index contributed by atoms with van der Waals surface area (Å²) in [7, 11) is 1.43. The number of aliphatic hydroxyl groups excluding tert-OH is 1. The highest BCUT2D eigenvalue weighted by Gasteiger charge is 2.15. The van der Waals surface area contributed by atoms with Gasteiger partial charge in [-0.1, -0.05) is 51.2 Å². The number of halogens is 1. The Bertz CT molecular complexity index is 352. The fraction of sp³-hybridized carbons (Fsp3) is 0.600. The molecular weight excluding hydrogens is 231 g/mol. The maximum atomic E-state index is 13.9. The molecule has 102 valence electrons. The van der Waals surface area contributed by atoms with Crippen molar-refractivity contribution >= 4 is 0 Å². The molecule has 0 aliphatic heterocycles. The maximum Gasteiger partial charge on any atom is 0.170 e. The van der Waals surface area contributed by atoms with Crippen LogP contribution in [0, 0.1) is 5.82 Å². The van der Waals surface area contributed by atoms with Crippen molar-refractivity contribution in [3.8, 4) is 5.75 Å². The van der Waals surface area contributed by atoms with Gasteiger partial charge in [-0.3, -0.25) is 0 Å². The molecule has 0 aliphatic carbocycles. The Morgan fingerprint density at radius 1 is 1.22 bits per heavy atom. The van der Waals surface area contributed by atoms with Crippen LogP contribution < -0.4 is 4.74 Å². The van der Waals surface area contributed by atoms with Crippen molar-refractivity contribution in [1.82, 2.24) is 0 Å². The van der Waals surface area contributed by atoms with Crippen LogP contribution in [0.15, 0.2) is 18.2 Å². The first-order valence-electron chi connectivity index (χ1n) is 6.71. The monoisotopic (exact) mass is 254 g/mol. The molecular formula is C15H23FO2. The molecule has 1 atom stereocenters. The van der Waals surface area contributed by atoms with E-state index in [-0.39, 0.29) is 5.75 Å². The predicted molar refractivity (Wildman–Crippen MR) is 71.3 cm³/mol. The third kappa shape index (κ3) is 4.30. The van der Waals surface area contributed by atoms with Crippen LogP contribution in [0.25, 0.3) is 0 Å². The van der Waals surface area contributed by atoms with Crippen LogP contribution in [0.5, 0.6) is 5.75 Å². The van der Waals surface area contributed by atoms with Crippen LogP contribution in [-0.4, -0.2) is 12.2 Å². The Balaban J connectivity index is 2.48. The van der Waals surface area contributed by atoms with Crippen molar-refractivity contribution in [1.29, 1.82) is 0 Å². The van der Waals surface area contributed by atoms with Gasteiger partial charge < -0.3 is 9.84 Å². The molecule has 2 nitrogen and oxygen atoms in total. The fourth-order valence-corrected chi connectivity index (χ4v) is 2.04. The lowest BCUT2D eigenvalue weighted by molar-refractivity contribution is 0.158. The van der Waals surface area contributed by atoms with E-state index < -0.39 is 11.9 Å². The zero-order chi connectivity index (χ0) is 13.4. The first-order chi connectivity index (χ1) is 8.70. The maximum absolute atomic E-state index is 13.9. The van der Waals surface area contributed by atoms with Crippen molar-refractivity contribution < 1.29 is 14.2 Å². The molecule has 1 N–H and O–H groups in total. The van der Waals surface area contributed by atoms with Gasteiger partial charge in [-0.25, -0.2) is 4.39 Å². The lowest BCUT2D eigenvalue weighted by Crippen LogP contribution is -2.02. The molecule has 3 heteroatoms. The van der Waals surface area contributed by atoms with Crippen molar-refractivity contribution in [2.45, 2.75) is 51.6 Å². The first kappa shape index (κ1) is 15.0. The van der Waals surface area contributed by atoms with Crippen molar-refractivity contribution in [3.05, 3.63) is 29.6 Å². The van der Waals surface area contributed by atoms with E-state index in [1.807, 2.05) is 0 Å². The molecule has 0 heterocycles. The smallest absolute Gasteiger partial charge is 0.170 e. The SMILES string of the molecule is CCCCCCCC(O)c1cccc(OC)c1F. The molecule has 0 aromatic heterocycles. The van der Waals surface area contributed by atoms with Gasteiger partial charge in [0.15, 0.2) is 11.6 Å². The van der Waals surface area contributed by atoms with Gasteiger partial charge in [0.1, 0.15) is 0 Å². The first-order valence-corrected chi connectivity index (χ1v) is 6.71. The summed E-state index contributed by atoms with van der Waals surface area (Å²) in [6.07, 6.45) is 5.50. The van der Waals surface area contributed by atoms with E-state index in [1.165, 1.54) is 26.4 Å². The molecule has 0 saturated heterocycles. The minimum atomic E-state index is -0.735. The minimum Gasteiger partial charge on any atom is -0.494 e. The molecule has 0 fully saturated rings. The van der Waals surface area contributed by atoms with Crippen LogP contribution in [0.2, 0.25) is 0 Å². The normalized spacial score (nSPS) is 12.4. The lowest BCUT2D eigenvalue weighted by Gasteiger charge is -2.13. The highest BCUT2D eigenvalue weighted by Crippen LogP contribution is 2.27. The molecule has 0 spiro atoms. The predicted octanol–water partition coefficient (Wildman–Crippen LogP) is 4.23. The van der Waals surface area contributed by atoms with Crippen molar-refractivity contribution in [2.24, 2.45) is 0 Å². The number of ether oxygens (including phenoxy) is 1. The third-order valence-electron chi connectivity index (χ3n) is 3.15. The average molecular weight is 254 g/mol. The molecule has 0 amide bonds. The van der Waals surface area contributed by atoms with Gasteiger partial charge in [0.2, 0.25) is 0 Å². The van der Waals surface area contributed by atoms with E-state index in [0.29, 0.717) is 12.0 Å². The molecule has 1 aromatic rings. The number of unbranched alkanes of at least 4 members (excludes halogenated alkanes) is 4. The van der Waals surface area contributed by atoms with Gasteiger partial charge >= 0.3 is 0 Å².